The Hall–Kier alpha value is -1.35. The molecule has 3 heteroatoms. The summed E-state index contributed by atoms with van der Waals surface area (Å²) in [5.74, 6) is -0.145. The summed E-state index contributed by atoms with van der Waals surface area (Å²) in [5.41, 5.74) is 1.30. The zero-order valence-electron chi connectivity index (χ0n) is 11.5. The maximum atomic E-state index is 11.5. The highest BCUT2D eigenvalue weighted by Crippen LogP contribution is 2.24. The number of rotatable bonds is 5. The summed E-state index contributed by atoms with van der Waals surface area (Å²) in [6, 6.07) is 10.4. The number of carbonyl (C=O) groups excluding carboxylic acids is 1. The minimum Gasteiger partial charge on any atom is -0.466 e. The number of esters is 1. The lowest BCUT2D eigenvalue weighted by atomic mass is 9.97. The van der Waals surface area contributed by atoms with Crippen LogP contribution in [0.1, 0.15) is 38.2 Å². The van der Waals surface area contributed by atoms with Gasteiger partial charge in [0.05, 0.1) is 25.2 Å². The highest BCUT2D eigenvalue weighted by atomic mass is 16.5. The molecule has 0 aromatic heterocycles. The zero-order valence-corrected chi connectivity index (χ0v) is 11.5. The van der Waals surface area contributed by atoms with Crippen LogP contribution in [0.2, 0.25) is 0 Å². The third-order valence-electron chi connectivity index (χ3n) is 3.44. The van der Waals surface area contributed by atoms with Crippen molar-refractivity contribution in [3.8, 4) is 0 Å². The molecule has 0 spiro atoms. The second-order valence-electron chi connectivity index (χ2n) is 5.01. The van der Waals surface area contributed by atoms with Crippen LogP contribution in [0.5, 0.6) is 0 Å². The van der Waals surface area contributed by atoms with Crippen LogP contribution in [0, 0.1) is 0 Å². The quantitative estimate of drug-likeness (QED) is 0.765. The first kappa shape index (κ1) is 14.1. The number of carbonyl (C=O) groups is 1. The lowest BCUT2D eigenvalue weighted by molar-refractivity contribution is -0.149. The third kappa shape index (κ3) is 4.67. The summed E-state index contributed by atoms with van der Waals surface area (Å²) >= 11 is 0. The lowest BCUT2D eigenvalue weighted by Gasteiger charge is -2.29. The van der Waals surface area contributed by atoms with E-state index >= 15 is 0 Å². The van der Waals surface area contributed by atoms with Crippen LogP contribution in [0.25, 0.3) is 0 Å². The summed E-state index contributed by atoms with van der Waals surface area (Å²) in [7, 11) is 0. The number of hydrogen-bond acceptors (Lipinski definition) is 3. The van der Waals surface area contributed by atoms with Gasteiger partial charge in [-0.05, 0) is 38.2 Å². The molecule has 1 aliphatic rings. The Balaban J connectivity index is 1.82. The van der Waals surface area contributed by atoms with Crippen molar-refractivity contribution in [2.75, 3.05) is 6.61 Å². The fourth-order valence-corrected chi connectivity index (χ4v) is 2.56. The zero-order chi connectivity index (χ0) is 13.5. The minimum atomic E-state index is -0.145. The van der Waals surface area contributed by atoms with Crippen molar-refractivity contribution in [1.82, 2.24) is 0 Å². The van der Waals surface area contributed by atoms with Crippen LogP contribution in [-0.2, 0) is 20.7 Å². The van der Waals surface area contributed by atoms with E-state index < -0.39 is 0 Å². The van der Waals surface area contributed by atoms with Gasteiger partial charge in [-0.15, -0.1) is 0 Å². The van der Waals surface area contributed by atoms with E-state index in [2.05, 4.69) is 12.1 Å². The third-order valence-corrected chi connectivity index (χ3v) is 3.44. The van der Waals surface area contributed by atoms with Crippen molar-refractivity contribution < 1.29 is 14.3 Å². The van der Waals surface area contributed by atoms with Gasteiger partial charge in [0.2, 0.25) is 0 Å². The summed E-state index contributed by atoms with van der Waals surface area (Å²) in [5, 5.41) is 0. The molecular weight excluding hydrogens is 240 g/mol. The van der Waals surface area contributed by atoms with Crippen molar-refractivity contribution in [3.05, 3.63) is 35.9 Å². The van der Waals surface area contributed by atoms with Crippen molar-refractivity contribution in [3.63, 3.8) is 0 Å². The summed E-state index contributed by atoms with van der Waals surface area (Å²) in [6.07, 6.45) is 4.75. The molecule has 2 atom stereocenters. The summed E-state index contributed by atoms with van der Waals surface area (Å²) in [6.45, 7) is 2.27. The predicted molar refractivity (Wildman–Crippen MR) is 73.9 cm³/mol. The molecule has 0 N–H and O–H groups in total. The molecule has 0 unspecified atom stereocenters. The van der Waals surface area contributed by atoms with Gasteiger partial charge in [0, 0.05) is 0 Å². The molecule has 0 bridgehead atoms. The lowest BCUT2D eigenvalue weighted by Crippen LogP contribution is -2.31. The number of benzene rings is 1. The largest absolute Gasteiger partial charge is 0.466 e. The Morgan fingerprint density at radius 3 is 2.74 bits per heavy atom. The molecule has 0 saturated carbocycles. The number of ether oxygens (including phenoxy) is 2. The Morgan fingerprint density at radius 2 is 2.00 bits per heavy atom. The van der Waals surface area contributed by atoms with Gasteiger partial charge in [0.15, 0.2) is 0 Å². The molecular formula is C16H22O3. The molecule has 0 radical (unpaired) electrons. The van der Waals surface area contributed by atoms with Crippen molar-refractivity contribution in [1.29, 1.82) is 0 Å². The normalized spacial score (nSPS) is 23.0. The van der Waals surface area contributed by atoms with Crippen LogP contribution >= 0.6 is 0 Å². The van der Waals surface area contributed by atoms with Crippen LogP contribution in [-0.4, -0.2) is 24.8 Å². The van der Waals surface area contributed by atoms with Gasteiger partial charge in [0.25, 0.3) is 0 Å². The first-order chi connectivity index (χ1) is 9.28. The fraction of sp³-hybridized carbons (Fsp3) is 0.562. The van der Waals surface area contributed by atoms with Gasteiger partial charge >= 0.3 is 5.97 Å². The van der Waals surface area contributed by atoms with Gasteiger partial charge < -0.3 is 9.47 Å². The highest BCUT2D eigenvalue weighted by molar-refractivity contribution is 5.69. The molecule has 0 aliphatic carbocycles. The average Bonchev–Trinajstić information content (AvgIpc) is 2.40. The van der Waals surface area contributed by atoms with Crippen molar-refractivity contribution in [2.24, 2.45) is 0 Å². The van der Waals surface area contributed by atoms with E-state index in [-0.39, 0.29) is 18.2 Å². The van der Waals surface area contributed by atoms with E-state index in [1.807, 2.05) is 25.1 Å². The van der Waals surface area contributed by atoms with Crippen LogP contribution in [0.4, 0.5) is 0 Å². The molecule has 0 amide bonds. The molecule has 1 heterocycles. The van der Waals surface area contributed by atoms with Crippen LogP contribution in [0.15, 0.2) is 30.3 Å². The smallest absolute Gasteiger partial charge is 0.308 e. The molecule has 104 valence electrons. The van der Waals surface area contributed by atoms with E-state index in [1.165, 1.54) is 5.56 Å². The molecule has 1 aliphatic heterocycles. The Labute approximate surface area is 114 Å². The van der Waals surface area contributed by atoms with Gasteiger partial charge in [-0.2, -0.15) is 0 Å². The highest BCUT2D eigenvalue weighted by Gasteiger charge is 2.24. The Morgan fingerprint density at radius 1 is 1.26 bits per heavy atom. The predicted octanol–water partition coefficient (Wildman–Crippen LogP) is 3.12. The van der Waals surface area contributed by atoms with Crippen LogP contribution < -0.4 is 0 Å². The van der Waals surface area contributed by atoms with E-state index in [9.17, 15) is 4.79 Å². The molecule has 1 aromatic rings. The Bertz CT molecular complexity index is 388. The fourth-order valence-electron chi connectivity index (χ4n) is 2.56. The molecule has 1 aromatic carbocycles. The topological polar surface area (TPSA) is 35.5 Å². The van der Waals surface area contributed by atoms with Crippen LogP contribution in [0.3, 0.4) is 0 Å². The van der Waals surface area contributed by atoms with Gasteiger partial charge in [-0.25, -0.2) is 0 Å². The summed E-state index contributed by atoms with van der Waals surface area (Å²) in [4.78, 5) is 11.5. The van der Waals surface area contributed by atoms with Gasteiger partial charge in [-0.1, -0.05) is 30.3 Å². The number of hydrogen-bond donors (Lipinski definition) is 0. The molecule has 2 rings (SSSR count). The first-order valence-electron chi connectivity index (χ1n) is 7.13. The van der Waals surface area contributed by atoms with E-state index in [1.54, 1.807) is 0 Å². The second kappa shape index (κ2) is 7.29. The van der Waals surface area contributed by atoms with Gasteiger partial charge in [-0.3, -0.25) is 4.79 Å². The van der Waals surface area contributed by atoms with E-state index in [0.717, 1.165) is 25.7 Å². The summed E-state index contributed by atoms with van der Waals surface area (Å²) < 4.78 is 11.0. The van der Waals surface area contributed by atoms with E-state index in [4.69, 9.17) is 9.47 Å². The Kier molecular flexibility index (Phi) is 5.40. The van der Waals surface area contributed by atoms with Gasteiger partial charge in [0.1, 0.15) is 0 Å². The standard InChI is InChI=1S/C16H22O3/c1-2-18-16(17)12-15-10-6-9-14(19-15)11-13-7-4-3-5-8-13/h3-5,7-8,14-15H,2,6,9-12H2,1H3/t14-,15+/m1/s1. The van der Waals surface area contributed by atoms with Crippen molar-refractivity contribution >= 4 is 5.97 Å². The second-order valence-corrected chi connectivity index (χ2v) is 5.01. The SMILES string of the molecule is CCOC(=O)C[C@@H]1CCC[C@H](Cc2ccccc2)O1. The molecule has 1 fully saturated rings. The van der Waals surface area contributed by atoms with E-state index in [0.29, 0.717) is 13.0 Å². The average molecular weight is 262 g/mol. The first-order valence-corrected chi connectivity index (χ1v) is 7.13. The molecule has 19 heavy (non-hydrogen) atoms. The monoisotopic (exact) mass is 262 g/mol. The molecule has 3 nitrogen and oxygen atoms in total. The maximum Gasteiger partial charge on any atom is 0.308 e. The molecule has 1 saturated heterocycles. The van der Waals surface area contributed by atoms with Crippen molar-refractivity contribution in [2.45, 2.75) is 51.2 Å². The maximum absolute atomic E-state index is 11.5. The minimum absolute atomic E-state index is 0.0292.